The number of para-hydroxylation sites is 1. The molecule has 1 aromatic heterocycles. The van der Waals surface area contributed by atoms with E-state index < -0.39 is 0 Å². The number of aromatic nitrogens is 1. The summed E-state index contributed by atoms with van der Waals surface area (Å²) in [6.45, 7) is 4.53. The summed E-state index contributed by atoms with van der Waals surface area (Å²) >= 11 is 0. The Morgan fingerprint density at radius 1 is 1.26 bits per heavy atom. The van der Waals surface area contributed by atoms with Crippen molar-refractivity contribution in [2.45, 2.75) is 51.6 Å². The predicted molar refractivity (Wildman–Crippen MR) is 81.6 cm³/mol. The van der Waals surface area contributed by atoms with Gasteiger partial charge in [0.15, 0.2) is 0 Å². The highest BCUT2D eigenvalue weighted by molar-refractivity contribution is 5.83. The molecule has 1 aromatic carbocycles. The van der Waals surface area contributed by atoms with Crippen LogP contribution in [0.4, 0.5) is 0 Å². The van der Waals surface area contributed by atoms with E-state index in [1.54, 1.807) is 0 Å². The Labute approximate surface area is 115 Å². The Kier molecular flexibility index (Phi) is 3.88. The fourth-order valence-electron chi connectivity index (χ4n) is 2.82. The van der Waals surface area contributed by atoms with Gasteiger partial charge in [0, 0.05) is 29.7 Å². The number of benzene rings is 1. The Balaban J connectivity index is 1.70. The first-order valence-electron chi connectivity index (χ1n) is 7.68. The van der Waals surface area contributed by atoms with Crippen LogP contribution in [0.3, 0.4) is 0 Å². The average molecular weight is 256 g/mol. The van der Waals surface area contributed by atoms with Gasteiger partial charge in [-0.05, 0) is 50.3 Å². The zero-order chi connectivity index (χ0) is 13.1. The molecular weight excluding hydrogens is 232 g/mol. The van der Waals surface area contributed by atoms with Crippen LogP contribution in [0.15, 0.2) is 30.5 Å². The predicted octanol–water partition coefficient (Wildman–Crippen LogP) is 3.74. The molecule has 0 radical (unpaired) electrons. The summed E-state index contributed by atoms with van der Waals surface area (Å²) in [5.74, 6) is 0. The third-order valence-electron chi connectivity index (χ3n) is 3.97. The molecule has 1 aliphatic rings. The number of nitrogens with zero attached hydrogens (tertiary/aromatic N) is 1. The van der Waals surface area contributed by atoms with Crippen molar-refractivity contribution in [3.63, 3.8) is 0 Å². The molecule has 1 fully saturated rings. The molecule has 0 atom stereocenters. The zero-order valence-electron chi connectivity index (χ0n) is 11.9. The summed E-state index contributed by atoms with van der Waals surface area (Å²) in [5.41, 5.74) is 2.91. The first-order valence-corrected chi connectivity index (χ1v) is 7.68. The van der Waals surface area contributed by atoms with Gasteiger partial charge in [0.25, 0.3) is 0 Å². The summed E-state index contributed by atoms with van der Waals surface area (Å²) in [7, 11) is 0. The summed E-state index contributed by atoms with van der Waals surface area (Å²) in [6.07, 6.45) is 8.77. The topological polar surface area (TPSA) is 17.0 Å². The lowest BCUT2D eigenvalue weighted by molar-refractivity contribution is 0.644. The van der Waals surface area contributed by atoms with Gasteiger partial charge in [-0.15, -0.1) is 0 Å². The van der Waals surface area contributed by atoms with Gasteiger partial charge >= 0.3 is 0 Å². The van der Waals surface area contributed by atoms with E-state index in [1.165, 1.54) is 48.6 Å². The number of rotatable bonds is 7. The molecule has 0 saturated heterocycles. The molecule has 2 nitrogen and oxygen atoms in total. The molecule has 0 amide bonds. The van der Waals surface area contributed by atoms with Crippen molar-refractivity contribution < 1.29 is 0 Å². The maximum atomic E-state index is 3.60. The molecule has 0 bridgehead atoms. The van der Waals surface area contributed by atoms with Crippen molar-refractivity contribution >= 4 is 10.9 Å². The van der Waals surface area contributed by atoms with Crippen molar-refractivity contribution in [3.05, 3.63) is 36.0 Å². The van der Waals surface area contributed by atoms with Gasteiger partial charge < -0.3 is 9.88 Å². The van der Waals surface area contributed by atoms with Gasteiger partial charge in [0.1, 0.15) is 0 Å². The smallest absolute Gasteiger partial charge is 0.0483 e. The SMILES string of the molecule is CCCn1cc(CCCNC2CC2)c2ccccc21. The Hall–Kier alpha value is -1.28. The number of aryl methyl sites for hydroxylation is 2. The molecule has 1 saturated carbocycles. The second-order valence-corrected chi connectivity index (χ2v) is 5.70. The molecular formula is C17H24N2. The van der Waals surface area contributed by atoms with Crippen LogP contribution in [0.1, 0.15) is 38.2 Å². The number of fused-ring (bicyclic) bond motifs is 1. The first kappa shape index (κ1) is 12.7. The minimum Gasteiger partial charge on any atom is -0.347 e. The van der Waals surface area contributed by atoms with Crippen LogP contribution in [0.25, 0.3) is 10.9 Å². The Bertz CT molecular complexity index is 537. The monoisotopic (exact) mass is 256 g/mol. The molecule has 0 spiro atoms. The van der Waals surface area contributed by atoms with Gasteiger partial charge in [-0.2, -0.15) is 0 Å². The number of hydrogen-bond acceptors (Lipinski definition) is 1. The average Bonchev–Trinajstić information content (AvgIpc) is 3.20. The minimum atomic E-state index is 0.835. The molecule has 1 heterocycles. The fourth-order valence-corrected chi connectivity index (χ4v) is 2.82. The molecule has 0 unspecified atom stereocenters. The fraction of sp³-hybridized carbons (Fsp3) is 0.529. The minimum absolute atomic E-state index is 0.835. The highest BCUT2D eigenvalue weighted by Gasteiger charge is 2.19. The van der Waals surface area contributed by atoms with Crippen molar-refractivity contribution in [1.29, 1.82) is 0 Å². The molecule has 1 N–H and O–H groups in total. The molecule has 2 aromatic rings. The lowest BCUT2D eigenvalue weighted by Gasteiger charge is -2.02. The first-order chi connectivity index (χ1) is 9.38. The molecule has 2 heteroatoms. The van der Waals surface area contributed by atoms with Gasteiger partial charge in [-0.3, -0.25) is 0 Å². The van der Waals surface area contributed by atoms with Crippen molar-refractivity contribution in [2.75, 3.05) is 6.54 Å². The second-order valence-electron chi connectivity index (χ2n) is 5.70. The van der Waals surface area contributed by atoms with E-state index in [0.717, 1.165) is 19.1 Å². The van der Waals surface area contributed by atoms with Crippen molar-refractivity contribution in [1.82, 2.24) is 9.88 Å². The summed E-state index contributed by atoms with van der Waals surface area (Å²) in [4.78, 5) is 0. The molecule has 3 rings (SSSR count). The third kappa shape index (κ3) is 3.01. The van der Waals surface area contributed by atoms with E-state index in [-0.39, 0.29) is 0 Å². The van der Waals surface area contributed by atoms with E-state index >= 15 is 0 Å². The van der Waals surface area contributed by atoms with Gasteiger partial charge in [0.2, 0.25) is 0 Å². The van der Waals surface area contributed by atoms with Crippen LogP contribution >= 0.6 is 0 Å². The standard InChI is InChI=1S/C17H24N2/c1-2-12-19-13-14(6-5-11-18-15-9-10-15)16-7-3-4-8-17(16)19/h3-4,7-8,13,15,18H,2,5-6,9-12H2,1H3. The van der Waals surface area contributed by atoms with E-state index in [4.69, 9.17) is 0 Å². The highest BCUT2D eigenvalue weighted by Crippen LogP contribution is 2.23. The third-order valence-corrected chi connectivity index (χ3v) is 3.97. The summed E-state index contributed by atoms with van der Waals surface area (Å²) in [6, 6.07) is 9.65. The lowest BCUT2D eigenvalue weighted by atomic mass is 10.1. The normalized spacial score (nSPS) is 15.2. The zero-order valence-corrected chi connectivity index (χ0v) is 11.9. The van der Waals surface area contributed by atoms with Crippen LogP contribution in [0.5, 0.6) is 0 Å². The maximum absolute atomic E-state index is 3.60. The van der Waals surface area contributed by atoms with Crippen LogP contribution in [0.2, 0.25) is 0 Å². The van der Waals surface area contributed by atoms with E-state index in [1.807, 2.05) is 0 Å². The molecule has 0 aliphatic heterocycles. The van der Waals surface area contributed by atoms with Crippen LogP contribution in [-0.2, 0) is 13.0 Å². The molecule has 1 aliphatic carbocycles. The van der Waals surface area contributed by atoms with Crippen LogP contribution in [0, 0.1) is 0 Å². The van der Waals surface area contributed by atoms with E-state index in [2.05, 4.69) is 47.3 Å². The quantitative estimate of drug-likeness (QED) is 0.747. The van der Waals surface area contributed by atoms with E-state index in [9.17, 15) is 0 Å². The number of nitrogens with one attached hydrogen (secondary N) is 1. The van der Waals surface area contributed by atoms with Gasteiger partial charge in [0.05, 0.1) is 0 Å². The maximum Gasteiger partial charge on any atom is 0.0483 e. The van der Waals surface area contributed by atoms with Crippen molar-refractivity contribution in [3.8, 4) is 0 Å². The van der Waals surface area contributed by atoms with Crippen LogP contribution in [-0.4, -0.2) is 17.2 Å². The van der Waals surface area contributed by atoms with E-state index in [0.29, 0.717) is 0 Å². The molecule has 102 valence electrons. The summed E-state index contributed by atoms with van der Waals surface area (Å²) < 4.78 is 2.42. The van der Waals surface area contributed by atoms with Crippen molar-refractivity contribution in [2.24, 2.45) is 0 Å². The lowest BCUT2D eigenvalue weighted by Crippen LogP contribution is -2.17. The molecule has 19 heavy (non-hydrogen) atoms. The van der Waals surface area contributed by atoms with Gasteiger partial charge in [-0.1, -0.05) is 25.1 Å². The largest absolute Gasteiger partial charge is 0.347 e. The van der Waals surface area contributed by atoms with Crippen LogP contribution < -0.4 is 5.32 Å². The van der Waals surface area contributed by atoms with Gasteiger partial charge in [-0.25, -0.2) is 0 Å². The second kappa shape index (κ2) is 5.79. The summed E-state index contributed by atoms with van der Waals surface area (Å²) in [5, 5.41) is 5.05. The Morgan fingerprint density at radius 2 is 2.11 bits per heavy atom. The number of hydrogen-bond donors (Lipinski definition) is 1. The highest BCUT2D eigenvalue weighted by atomic mass is 15.0. The Morgan fingerprint density at radius 3 is 2.89 bits per heavy atom.